The van der Waals surface area contributed by atoms with E-state index < -0.39 is 11.4 Å². The maximum Gasteiger partial charge on any atom is 0.254 e. The Morgan fingerprint density at radius 3 is 2.63 bits per heavy atom. The van der Waals surface area contributed by atoms with E-state index in [9.17, 15) is 9.18 Å². The van der Waals surface area contributed by atoms with Gasteiger partial charge in [-0.15, -0.1) is 0 Å². The highest BCUT2D eigenvalue weighted by Crippen LogP contribution is 2.40. The summed E-state index contributed by atoms with van der Waals surface area (Å²) in [6, 6.07) is 12.1. The number of nitriles is 1. The smallest absolute Gasteiger partial charge is 0.254 e. The van der Waals surface area contributed by atoms with Gasteiger partial charge in [-0.3, -0.25) is 4.79 Å². The van der Waals surface area contributed by atoms with Crippen LogP contribution in [-0.2, 0) is 23.4 Å². The molecular weight excluding hydrogens is 386 g/mol. The van der Waals surface area contributed by atoms with E-state index >= 15 is 4.39 Å². The van der Waals surface area contributed by atoms with E-state index in [1.807, 2.05) is 13.0 Å². The lowest BCUT2D eigenvalue weighted by Gasteiger charge is -2.44. The summed E-state index contributed by atoms with van der Waals surface area (Å²) in [4.78, 5) is 19.7. The predicted octanol–water partition coefficient (Wildman–Crippen LogP) is 4.12. The molecule has 0 unspecified atom stereocenters. The third-order valence-corrected chi connectivity index (χ3v) is 5.56. The number of rotatable bonds is 5. The van der Waals surface area contributed by atoms with E-state index in [0.29, 0.717) is 19.4 Å². The molecule has 30 heavy (non-hydrogen) atoms. The van der Waals surface area contributed by atoms with Crippen LogP contribution in [-0.4, -0.2) is 20.4 Å². The van der Waals surface area contributed by atoms with E-state index in [1.54, 1.807) is 34.1 Å². The van der Waals surface area contributed by atoms with Gasteiger partial charge in [-0.1, -0.05) is 31.5 Å². The second-order valence-corrected chi connectivity index (χ2v) is 7.46. The van der Waals surface area contributed by atoms with Crippen LogP contribution < -0.4 is 0 Å². The number of carbonyl (C=O) groups excluding carboxylic acids is 1. The molecule has 0 N–H and O–H groups in total. The van der Waals surface area contributed by atoms with Gasteiger partial charge in [0, 0.05) is 18.3 Å². The van der Waals surface area contributed by atoms with Gasteiger partial charge in [0.25, 0.3) is 5.91 Å². The summed E-state index contributed by atoms with van der Waals surface area (Å²) in [7, 11) is 0. The van der Waals surface area contributed by atoms with Crippen LogP contribution in [0.15, 0.2) is 55.0 Å². The van der Waals surface area contributed by atoms with Crippen LogP contribution in [0.2, 0.25) is 0 Å². The highest BCUT2D eigenvalue weighted by molar-refractivity contribution is 5.89. The number of imidazole rings is 1. The fourth-order valence-corrected chi connectivity index (χ4v) is 4.24. The van der Waals surface area contributed by atoms with Gasteiger partial charge in [-0.2, -0.15) is 5.26 Å². The van der Waals surface area contributed by atoms with Gasteiger partial charge >= 0.3 is 0 Å². The normalized spacial score (nSPS) is 18.2. The van der Waals surface area contributed by atoms with Crippen LogP contribution in [0.3, 0.4) is 0 Å². The molecule has 2 aromatic carbocycles. The molecule has 0 bridgehead atoms. The molecule has 1 aliphatic rings. The van der Waals surface area contributed by atoms with E-state index in [4.69, 9.17) is 5.26 Å². The molecule has 5 nitrogen and oxygen atoms in total. The Labute approximate surface area is 173 Å². The number of aromatic nitrogens is 2. The predicted molar refractivity (Wildman–Crippen MR) is 106 cm³/mol. The number of carbonyl (C=O) groups is 1. The average molecular weight is 406 g/mol. The summed E-state index contributed by atoms with van der Waals surface area (Å²) in [5, 5.41) is 9.10. The molecular formula is C23H20F2N4O. The van der Waals surface area contributed by atoms with Crippen molar-refractivity contribution in [2.45, 2.75) is 38.4 Å². The number of hydrogen-bond donors (Lipinski definition) is 0. The van der Waals surface area contributed by atoms with Gasteiger partial charge in [-0.25, -0.2) is 13.8 Å². The second-order valence-electron chi connectivity index (χ2n) is 7.46. The van der Waals surface area contributed by atoms with Crippen LogP contribution in [0.25, 0.3) is 0 Å². The average Bonchev–Trinajstić information content (AvgIpc) is 3.21. The zero-order valence-electron chi connectivity index (χ0n) is 16.5. The van der Waals surface area contributed by atoms with Crippen molar-refractivity contribution in [1.82, 2.24) is 14.5 Å². The van der Waals surface area contributed by atoms with Crippen molar-refractivity contribution in [3.63, 3.8) is 0 Å². The molecule has 7 heteroatoms. The van der Waals surface area contributed by atoms with Crippen molar-refractivity contribution in [2.75, 3.05) is 0 Å². The van der Waals surface area contributed by atoms with Gasteiger partial charge in [0.2, 0.25) is 0 Å². The summed E-state index contributed by atoms with van der Waals surface area (Å²) < 4.78 is 30.2. The van der Waals surface area contributed by atoms with Crippen LogP contribution in [0, 0.1) is 23.0 Å². The molecule has 4 rings (SSSR count). The minimum absolute atomic E-state index is 0.195. The molecule has 1 atom stereocenters. The van der Waals surface area contributed by atoms with Gasteiger partial charge < -0.3 is 9.47 Å². The van der Waals surface area contributed by atoms with Gasteiger partial charge in [0.15, 0.2) is 5.54 Å². The quantitative estimate of drug-likeness (QED) is 0.640. The largest absolute Gasteiger partial charge is 0.330 e. The van der Waals surface area contributed by atoms with Crippen molar-refractivity contribution in [3.05, 3.63) is 89.0 Å². The van der Waals surface area contributed by atoms with Gasteiger partial charge in [-0.05, 0) is 36.2 Å². The first-order valence-corrected chi connectivity index (χ1v) is 9.75. The third-order valence-electron chi connectivity index (χ3n) is 5.56. The van der Waals surface area contributed by atoms with E-state index in [1.165, 1.54) is 24.3 Å². The van der Waals surface area contributed by atoms with E-state index in [2.05, 4.69) is 4.98 Å². The van der Waals surface area contributed by atoms with Gasteiger partial charge in [0.1, 0.15) is 11.6 Å². The zero-order chi connectivity index (χ0) is 21.3. The topological polar surface area (TPSA) is 61.9 Å². The number of halogens is 2. The maximum absolute atomic E-state index is 15.2. The van der Waals surface area contributed by atoms with Crippen molar-refractivity contribution >= 4 is 5.91 Å². The lowest BCUT2D eigenvalue weighted by atomic mass is 9.81. The highest BCUT2D eigenvalue weighted by Gasteiger charge is 2.49. The molecule has 1 aromatic heterocycles. The van der Waals surface area contributed by atoms with Crippen LogP contribution in [0.4, 0.5) is 8.78 Å². The SMILES string of the molecule is CCC[C@]1(c2ccc(C#N)cc2F)C(=O)N(Cc2ccc(F)cc2)Cc2cncn21. The van der Waals surface area contributed by atoms with Crippen LogP contribution in [0.5, 0.6) is 0 Å². The molecule has 0 fully saturated rings. The molecule has 3 aromatic rings. The van der Waals surface area contributed by atoms with E-state index in [0.717, 1.165) is 17.3 Å². The summed E-state index contributed by atoms with van der Waals surface area (Å²) in [5.41, 5.74) is 0.686. The second kappa shape index (κ2) is 7.71. The first kappa shape index (κ1) is 19.8. The zero-order valence-corrected chi connectivity index (χ0v) is 16.5. The summed E-state index contributed by atoms with van der Waals surface area (Å²) in [6.07, 6.45) is 4.25. The number of fused-ring (bicyclic) bond motifs is 1. The summed E-state index contributed by atoms with van der Waals surface area (Å²) in [5.74, 6) is -1.19. The van der Waals surface area contributed by atoms with E-state index in [-0.39, 0.29) is 29.4 Å². The number of amides is 1. The first-order chi connectivity index (χ1) is 14.5. The number of nitrogens with zero attached hydrogens (tertiary/aromatic N) is 4. The third kappa shape index (κ3) is 3.14. The van der Waals surface area contributed by atoms with Crippen molar-refractivity contribution in [2.24, 2.45) is 0 Å². The molecule has 0 aliphatic carbocycles. The molecule has 2 heterocycles. The van der Waals surface area contributed by atoms with Crippen LogP contribution >= 0.6 is 0 Å². The lowest BCUT2D eigenvalue weighted by Crippen LogP contribution is -2.55. The molecule has 0 radical (unpaired) electrons. The Bertz CT molecular complexity index is 1130. The minimum atomic E-state index is -1.29. The van der Waals surface area contributed by atoms with Gasteiger partial charge in [0.05, 0.1) is 30.2 Å². The number of hydrogen-bond acceptors (Lipinski definition) is 3. The Kier molecular flexibility index (Phi) is 5.08. The highest BCUT2D eigenvalue weighted by atomic mass is 19.1. The Morgan fingerprint density at radius 1 is 1.20 bits per heavy atom. The summed E-state index contributed by atoms with van der Waals surface area (Å²) >= 11 is 0. The molecule has 1 aliphatic heterocycles. The number of benzene rings is 2. The molecule has 1 amide bonds. The maximum atomic E-state index is 15.2. The first-order valence-electron chi connectivity index (χ1n) is 9.75. The monoisotopic (exact) mass is 406 g/mol. The Balaban J connectivity index is 1.85. The molecule has 152 valence electrons. The van der Waals surface area contributed by atoms with Crippen molar-refractivity contribution < 1.29 is 13.6 Å². The Morgan fingerprint density at radius 2 is 1.97 bits per heavy atom. The lowest BCUT2D eigenvalue weighted by molar-refractivity contribution is -0.143. The minimum Gasteiger partial charge on any atom is -0.330 e. The fraction of sp³-hybridized carbons (Fsp3) is 0.261. The van der Waals surface area contributed by atoms with Crippen molar-refractivity contribution in [3.8, 4) is 6.07 Å². The molecule has 0 spiro atoms. The standard InChI is InChI=1S/C23H20F2N4O/c1-2-9-23(20-8-5-17(11-26)10-21(20)25)22(30)28(14-19-12-27-15-29(19)23)13-16-3-6-18(24)7-4-16/h3-8,10,12,15H,2,9,13-14H2,1H3/t23-/m0/s1. The molecule has 0 saturated heterocycles. The Hall–Kier alpha value is -3.53. The molecule has 0 saturated carbocycles. The fourth-order valence-electron chi connectivity index (χ4n) is 4.24. The summed E-state index contributed by atoms with van der Waals surface area (Å²) in [6.45, 7) is 2.53. The van der Waals surface area contributed by atoms with Crippen molar-refractivity contribution in [1.29, 1.82) is 5.26 Å². The van der Waals surface area contributed by atoms with Crippen LogP contribution in [0.1, 0.15) is 42.1 Å².